The number of hydrogen-bond donors (Lipinski definition) is 1. The number of ether oxygens (including phenoxy) is 1. The number of methoxy groups -OCH3 is 1. The van der Waals surface area contributed by atoms with Gasteiger partial charge in [0.15, 0.2) is 5.11 Å². The van der Waals surface area contributed by atoms with Gasteiger partial charge in [0.25, 0.3) is 0 Å². The van der Waals surface area contributed by atoms with Crippen molar-refractivity contribution < 1.29 is 13.2 Å². The largest absolute Gasteiger partial charge is 0.497 e. The Labute approximate surface area is 155 Å². The van der Waals surface area contributed by atoms with Crippen LogP contribution in [-0.4, -0.2) is 62.1 Å². The number of piperazine rings is 1. The molecule has 1 N–H and O–H groups in total. The third-order valence-corrected chi connectivity index (χ3v) is 7.19. The van der Waals surface area contributed by atoms with E-state index in [1.807, 2.05) is 0 Å². The minimum atomic E-state index is -3.47. The van der Waals surface area contributed by atoms with Crippen molar-refractivity contribution >= 4 is 27.4 Å². The Balaban J connectivity index is 1.57. The molecule has 1 heterocycles. The fourth-order valence-corrected chi connectivity index (χ4v) is 5.14. The zero-order chi connectivity index (χ0) is 17.9. The van der Waals surface area contributed by atoms with E-state index in [0.717, 1.165) is 5.11 Å². The van der Waals surface area contributed by atoms with Crippen LogP contribution in [0.4, 0.5) is 0 Å². The predicted octanol–water partition coefficient (Wildman–Crippen LogP) is 1.82. The minimum Gasteiger partial charge on any atom is -0.497 e. The number of sulfonamides is 1. The van der Waals surface area contributed by atoms with E-state index in [-0.39, 0.29) is 0 Å². The molecule has 0 amide bonds. The molecule has 0 bridgehead atoms. The first-order valence-electron chi connectivity index (χ1n) is 8.70. The molecule has 1 saturated carbocycles. The lowest BCUT2D eigenvalue weighted by molar-refractivity contribution is 0.262. The summed E-state index contributed by atoms with van der Waals surface area (Å²) in [6.45, 7) is 2.13. The van der Waals surface area contributed by atoms with Crippen LogP contribution in [0.5, 0.6) is 5.75 Å². The van der Waals surface area contributed by atoms with Gasteiger partial charge < -0.3 is 15.0 Å². The van der Waals surface area contributed by atoms with E-state index >= 15 is 0 Å². The van der Waals surface area contributed by atoms with E-state index in [9.17, 15) is 8.42 Å². The molecule has 1 aromatic carbocycles. The summed E-state index contributed by atoms with van der Waals surface area (Å²) in [5.74, 6) is 0.645. The summed E-state index contributed by atoms with van der Waals surface area (Å²) in [4.78, 5) is 2.38. The van der Waals surface area contributed by atoms with E-state index in [0.29, 0.717) is 42.9 Å². The highest BCUT2D eigenvalue weighted by atomic mass is 32.2. The van der Waals surface area contributed by atoms with E-state index < -0.39 is 10.0 Å². The SMILES string of the molecule is COc1ccc(S(=O)(=O)N2CCN(C(=S)NC3CCCC3)CC2)cc1. The summed E-state index contributed by atoms with van der Waals surface area (Å²) in [6, 6.07) is 7.00. The third-order valence-electron chi connectivity index (χ3n) is 4.91. The van der Waals surface area contributed by atoms with Gasteiger partial charge in [0, 0.05) is 32.2 Å². The maximum absolute atomic E-state index is 12.8. The van der Waals surface area contributed by atoms with Crippen LogP contribution in [0.25, 0.3) is 0 Å². The van der Waals surface area contributed by atoms with Crippen molar-refractivity contribution in [2.24, 2.45) is 0 Å². The highest BCUT2D eigenvalue weighted by Gasteiger charge is 2.29. The minimum absolute atomic E-state index is 0.299. The lowest BCUT2D eigenvalue weighted by Gasteiger charge is -2.36. The van der Waals surface area contributed by atoms with Crippen LogP contribution in [0.1, 0.15) is 25.7 Å². The average molecular weight is 384 g/mol. The van der Waals surface area contributed by atoms with E-state index in [4.69, 9.17) is 17.0 Å². The first-order chi connectivity index (χ1) is 12.0. The Morgan fingerprint density at radius 1 is 1.12 bits per heavy atom. The molecule has 3 rings (SSSR count). The van der Waals surface area contributed by atoms with E-state index in [1.54, 1.807) is 31.4 Å². The summed E-state index contributed by atoms with van der Waals surface area (Å²) >= 11 is 5.50. The number of hydrogen-bond acceptors (Lipinski definition) is 4. The summed E-state index contributed by atoms with van der Waals surface area (Å²) in [5, 5.41) is 4.18. The molecule has 2 fully saturated rings. The lowest BCUT2D eigenvalue weighted by Crippen LogP contribution is -2.54. The summed E-state index contributed by atoms with van der Waals surface area (Å²) in [7, 11) is -1.91. The zero-order valence-corrected chi connectivity index (χ0v) is 16.1. The van der Waals surface area contributed by atoms with Gasteiger partial charge in [-0.3, -0.25) is 0 Å². The second kappa shape index (κ2) is 7.88. The first kappa shape index (κ1) is 18.4. The topological polar surface area (TPSA) is 61.9 Å². The van der Waals surface area contributed by atoms with Gasteiger partial charge in [0.05, 0.1) is 12.0 Å². The fourth-order valence-electron chi connectivity index (χ4n) is 3.36. The Morgan fingerprint density at radius 2 is 1.72 bits per heavy atom. The number of nitrogens with zero attached hydrogens (tertiary/aromatic N) is 2. The van der Waals surface area contributed by atoms with E-state index in [1.165, 1.54) is 30.0 Å². The number of rotatable bonds is 4. The zero-order valence-electron chi connectivity index (χ0n) is 14.5. The van der Waals surface area contributed by atoms with Crippen LogP contribution in [0.2, 0.25) is 0 Å². The van der Waals surface area contributed by atoms with Crippen LogP contribution in [0.3, 0.4) is 0 Å². The van der Waals surface area contributed by atoms with Crippen LogP contribution < -0.4 is 10.1 Å². The molecule has 0 aromatic heterocycles. The molecule has 0 radical (unpaired) electrons. The van der Waals surface area contributed by atoms with Crippen molar-refractivity contribution in [3.8, 4) is 5.75 Å². The average Bonchev–Trinajstić information content (AvgIpc) is 3.15. The van der Waals surface area contributed by atoms with Gasteiger partial charge in [-0.05, 0) is 49.3 Å². The highest BCUT2D eigenvalue weighted by molar-refractivity contribution is 7.89. The van der Waals surface area contributed by atoms with Gasteiger partial charge in [-0.1, -0.05) is 12.8 Å². The third kappa shape index (κ3) is 4.24. The van der Waals surface area contributed by atoms with Gasteiger partial charge in [-0.25, -0.2) is 8.42 Å². The monoisotopic (exact) mass is 383 g/mol. The second-order valence-electron chi connectivity index (χ2n) is 6.50. The van der Waals surface area contributed by atoms with Crippen molar-refractivity contribution in [1.29, 1.82) is 0 Å². The summed E-state index contributed by atoms with van der Waals surface area (Å²) in [5.41, 5.74) is 0. The number of benzene rings is 1. The Morgan fingerprint density at radius 3 is 2.28 bits per heavy atom. The standard InChI is InChI=1S/C17H25N3O3S2/c1-23-15-6-8-16(9-7-15)25(21,22)20-12-10-19(11-13-20)17(24)18-14-4-2-3-5-14/h6-9,14H,2-5,10-13H2,1H3,(H,18,24). The molecule has 138 valence electrons. The lowest BCUT2D eigenvalue weighted by atomic mass is 10.2. The predicted molar refractivity (Wildman–Crippen MR) is 101 cm³/mol. The van der Waals surface area contributed by atoms with Gasteiger partial charge in [0.1, 0.15) is 5.75 Å². The molecule has 1 aromatic rings. The van der Waals surface area contributed by atoms with Gasteiger partial charge in [-0.2, -0.15) is 4.31 Å². The molecule has 0 atom stereocenters. The normalized spacial score (nSPS) is 19.8. The van der Waals surface area contributed by atoms with Crippen molar-refractivity contribution in [3.05, 3.63) is 24.3 Å². The van der Waals surface area contributed by atoms with Gasteiger partial charge in [0.2, 0.25) is 10.0 Å². The van der Waals surface area contributed by atoms with E-state index in [2.05, 4.69) is 10.2 Å². The maximum atomic E-state index is 12.8. The highest BCUT2D eigenvalue weighted by Crippen LogP contribution is 2.21. The smallest absolute Gasteiger partial charge is 0.243 e. The molecular formula is C17H25N3O3S2. The fraction of sp³-hybridized carbons (Fsp3) is 0.588. The van der Waals surface area contributed by atoms with Crippen molar-refractivity contribution in [1.82, 2.24) is 14.5 Å². The Bertz CT molecular complexity index is 692. The summed E-state index contributed by atoms with van der Waals surface area (Å²) in [6.07, 6.45) is 4.86. The van der Waals surface area contributed by atoms with Crippen LogP contribution in [0.15, 0.2) is 29.2 Å². The van der Waals surface area contributed by atoms with Crippen molar-refractivity contribution in [2.45, 2.75) is 36.6 Å². The molecule has 0 unspecified atom stereocenters. The molecule has 6 nitrogen and oxygen atoms in total. The molecular weight excluding hydrogens is 358 g/mol. The second-order valence-corrected chi connectivity index (χ2v) is 8.82. The maximum Gasteiger partial charge on any atom is 0.243 e. The Kier molecular flexibility index (Phi) is 5.81. The quantitative estimate of drug-likeness (QED) is 0.801. The summed E-state index contributed by atoms with van der Waals surface area (Å²) < 4.78 is 32.1. The molecule has 1 aliphatic heterocycles. The van der Waals surface area contributed by atoms with Crippen LogP contribution >= 0.6 is 12.2 Å². The molecule has 1 saturated heterocycles. The molecule has 8 heteroatoms. The Hall–Kier alpha value is -1.38. The molecule has 0 spiro atoms. The first-order valence-corrected chi connectivity index (χ1v) is 10.5. The van der Waals surface area contributed by atoms with Crippen molar-refractivity contribution in [3.63, 3.8) is 0 Å². The van der Waals surface area contributed by atoms with Gasteiger partial charge >= 0.3 is 0 Å². The van der Waals surface area contributed by atoms with Crippen LogP contribution in [-0.2, 0) is 10.0 Å². The van der Waals surface area contributed by atoms with Crippen LogP contribution in [0, 0.1) is 0 Å². The molecule has 25 heavy (non-hydrogen) atoms. The number of nitrogens with one attached hydrogen (secondary N) is 1. The number of thiocarbonyl (C=S) groups is 1. The molecule has 1 aliphatic carbocycles. The van der Waals surface area contributed by atoms with Gasteiger partial charge in [-0.15, -0.1) is 0 Å². The van der Waals surface area contributed by atoms with Crippen molar-refractivity contribution in [2.75, 3.05) is 33.3 Å². The molecule has 2 aliphatic rings.